The molecule has 0 aliphatic carbocycles. The van der Waals surface area contributed by atoms with Gasteiger partial charge in [-0.3, -0.25) is 0 Å². The number of phenols is 1. The summed E-state index contributed by atoms with van der Waals surface area (Å²) in [6.45, 7) is 0.203. The maximum Gasteiger partial charge on any atom is 0.331 e. The van der Waals surface area contributed by atoms with Gasteiger partial charge in [-0.1, -0.05) is 30.3 Å². The third-order valence-corrected chi connectivity index (χ3v) is 3.17. The van der Waals surface area contributed by atoms with Gasteiger partial charge in [-0.05, 0) is 23.8 Å². The molecule has 0 radical (unpaired) electrons. The Morgan fingerprint density at radius 3 is 2.48 bits per heavy atom. The fourth-order valence-corrected chi connectivity index (χ4v) is 2.01. The van der Waals surface area contributed by atoms with Gasteiger partial charge < -0.3 is 19.3 Å². The molecule has 0 spiro atoms. The minimum Gasteiger partial charge on any atom is -0.502 e. The minimum atomic E-state index is -0.480. The quantitative estimate of drug-likeness (QED) is 0.655. The maximum atomic E-state index is 11.8. The molecule has 0 heterocycles. The molecule has 0 aliphatic heterocycles. The summed E-state index contributed by atoms with van der Waals surface area (Å²) in [7, 11) is 2.88. The van der Waals surface area contributed by atoms with Crippen LogP contribution >= 0.6 is 0 Å². The Hall–Kier alpha value is -2.95. The van der Waals surface area contributed by atoms with Gasteiger partial charge in [0.15, 0.2) is 11.5 Å². The number of carbonyl (C=O) groups excluding carboxylic acids is 1. The van der Waals surface area contributed by atoms with Gasteiger partial charge in [0.25, 0.3) is 0 Å². The lowest BCUT2D eigenvalue weighted by Gasteiger charge is -2.10. The van der Waals surface area contributed by atoms with E-state index < -0.39 is 5.97 Å². The van der Waals surface area contributed by atoms with Crippen molar-refractivity contribution in [2.24, 2.45) is 0 Å². The highest BCUT2D eigenvalue weighted by atomic mass is 16.5. The molecule has 0 saturated heterocycles. The van der Waals surface area contributed by atoms with Crippen molar-refractivity contribution >= 4 is 12.0 Å². The van der Waals surface area contributed by atoms with Crippen molar-refractivity contribution in [2.75, 3.05) is 14.2 Å². The second kappa shape index (κ2) is 7.89. The average Bonchev–Trinajstić information content (AvgIpc) is 2.59. The van der Waals surface area contributed by atoms with Crippen molar-refractivity contribution in [3.8, 4) is 17.2 Å². The van der Waals surface area contributed by atoms with E-state index in [-0.39, 0.29) is 18.1 Å². The van der Waals surface area contributed by atoms with Crippen molar-refractivity contribution in [1.82, 2.24) is 0 Å². The first-order chi connectivity index (χ1) is 11.2. The molecule has 0 atom stereocenters. The number of methoxy groups -OCH3 is 2. The van der Waals surface area contributed by atoms with Gasteiger partial charge in [0.05, 0.1) is 14.2 Å². The molecule has 120 valence electrons. The molecule has 0 bridgehead atoms. The predicted octanol–water partition coefficient (Wildman–Crippen LogP) is 3.17. The number of hydrogen-bond acceptors (Lipinski definition) is 5. The van der Waals surface area contributed by atoms with Crippen LogP contribution in [0.15, 0.2) is 48.5 Å². The molecular formula is C18H18O5. The molecule has 0 saturated carbocycles. The van der Waals surface area contributed by atoms with Crippen LogP contribution in [-0.2, 0) is 16.1 Å². The van der Waals surface area contributed by atoms with Crippen molar-refractivity contribution in [3.05, 3.63) is 59.7 Å². The molecule has 2 rings (SSSR count). The molecular weight excluding hydrogens is 296 g/mol. The van der Waals surface area contributed by atoms with Crippen molar-refractivity contribution in [2.45, 2.75) is 6.61 Å². The highest BCUT2D eigenvalue weighted by Crippen LogP contribution is 2.39. The molecule has 2 aromatic carbocycles. The number of benzene rings is 2. The highest BCUT2D eigenvalue weighted by molar-refractivity contribution is 5.88. The summed E-state index contributed by atoms with van der Waals surface area (Å²) in [6, 6.07) is 12.7. The lowest BCUT2D eigenvalue weighted by atomic mass is 10.1. The van der Waals surface area contributed by atoms with Crippen LogP contribution in [0.2, 0.25) is 0 Å². The van der Waals surface area contributed by atoms with Crippen molar-refractivity contribution in [1.29, 1.82) is 0 Å². The molecule has 5 nitrogen and oxygen atoms in total. The molecule has 0 fully saturated rings. The third kappa shape index (κ3) is 4.26. The number of aromatic hydroxyl groups is 1. The maximum absolute atomic E-state index is 11.8. The molecule has 0 aromatic heterocycles. The molecule has 0 amide bonds. The first-order valence-corrected chi connectivity index (χ1v) is 6.98. The molecule has 23 heavy (non-hydrogen) atoms. The van der Waals surface area contributed by atoms with Crippen LogP contribution in [0.25, 0.3) is 6.08 Å². The van der Waals surface area contributed by atoms with E-state index in [1.165, 1.54) is 26.4 Å². The number of carbonyl (C=O) groups is 1. The number of ether oxygens (including phenoxy) is 3. The SMILES string of the molecule is COc1ccc(C=CC(=O)OCc2ccccc2)c(OC)c1O. The van der Waals surface area contributed by atoms with E-state index >= 15 is 0 Å². The topological polar surface area (TPSA) is 65.0 Å². The zero-order valence-corrected chi connectivity index (χ0v) is 13.0. The summed E-state index contributed by atoms with van der Waals surface area (Å²) in [5.74, 6) is -0.0665. The summed E-state index contributed by atoms with van der Waals surface area (Å²) < 4.78 is 15.3. The predicted molar refractivity (Wildman–Crippen MR) is 86.5 cm³/mol. The average molecular weight is 314 g/mol. The van der Waals surface area contributed by atoms with Gasteiger partial charge in [0.1, 0.15) is 6.61 Å². The van der Waals surface area contributed by atoms with E-state index in [4.69, 9.17) is 14.2 Å². The van der Waals surface area contributed by atoms with E-state index in [1.807, 2.05) is 30.3 Å². The molecule has 0 aliphatic rings. The standard InChI is InChI=1S/C18H18O5/c1-21-15-10-8-14(18(22-2)17(15)20)9-11-16(19)23-12-13-6-4-3-5-7-13/h3-11,20H,12H2,1-2H3. The lowest BCUT2D eigenvalue weighted by molar-refractivity contribution is -0.138. The van der Waals surface area contributed by atoms with E-state index in [0.29, 0.717) is 11.3 Å². The van der Waals surface area contributed by atoms with Gasteiger partial charge in [-0.15, -0.1) is 0 Å². The zero-order valence-electron chi connectivity index (χ0n) is 13.0. The Morgan fingerprint density at radius 1 is 1.09 bits per heavy atom. The van der Waals surface area contributed by atoms with Crippen LogP contribution in [-0.4, -0.2) is 25.3 Å². The van der Waals surface area contributed by atoms with E-state index in [9.17, 15) is 9.90 Å². The second-order valence-electron chi connectivity index (χ2n) is 4.67. The highest BCUT2D eigenvalue weighted by Gasteiger charge is 2.12. The van der Waals surface area contributed by atoms with Gasteiger partial charge >= 0.3 is 5.97 Å². The number of hydrogen-bond donors (Lipinski definition) is 1. The monoisotopic (exact) mass is 314 g/mol. The van der Waals surface area contributed by atoms with E-state index in [1.54, 1.807) is 12.1 Å². The van der Waals surface area contributed by atoms with Crippen LogP contribution in [0.4, 0.5) is 0 Å². The summed E-state index contributed by atoms with van der Waals surface area (Å²) >= 11 is 0. The Kier molecular flexibility index (Phi) is 5.63. The van der Waals surface area contributed by atoms with Gasteiger partial charge in [-0.25, -0.2) is 4.79 Å². The first-order valence-electron chi connectivity index (χ1n) is 6.98. The van der Waals surface area contributed by atoms with Crippen molar-refractivity contribution < 1.29 is 24.1 Å². The smallest absolute Gasteiger partial charge is 0.331 e. The van der Waals surface area contributed by atoms with Crippen LogP contribution in [0.1, 0.15) is 11.1 Å². The normalized spacial score (nSPS) is 10.5. The second-order valence-corrected chi connectivity index (χ2v) is 4.67. The molecule has 1 N–H and O–H groups in total. The van der Waals surface area contributed by atoms with Crippen molar-refractivity contribution in [3.63, 3.8) is 0 Å². The van der Waals surface area contributed by atoms with Gasteiger partial charge in [-0.2, -0.15) is 0 Å². The van der Waals surface area contributed by atoms with Gasteiger partial charge in [0.2, 0.25) is 5.75 Å². The Morgan fingerprint density at radius 2 is 1.83 bits per heavy atom. The molecule has 5 heteroatoms. The van der Waals surface area contributed by atoms with Crippen LogP contribution in [0.3, 0.4) is 0 Å². The minimum absolute atomic E-state index is 0.116. The van der Waals surface area contributed by atoms with E-state index in [0.717, 1.165) is 5.56 Å². The third-order valence-electron chi connectivity index (χ3n) is 3.17. The number of esters is 1. The largest absolute Gasteiger partial charge is 0.502 e. The Balaban J connectivity index is 2.04. The van der Waals surface area contributed by atoms with Crippen LogP contribution in [0, 0.1) is 0 Å². The Bertz CT molecular complexity index is 692. The fraction of sp³-hybridized carbons (Fsp3) is 0.167. The van der Waals surface area contributed by atoms with E-state index in [2.05, 4.69) is 0 Å². The summed E-state index contributed by atoms with van der Waals surface area (Å²) in [6.07, 6.45) is 2.80. The van der Waals surface area contributed by atoms with Gasteiger partial charge in [0, 0.05) is 11.6 Å². The lowest BCUT2D eigenvalue weighted by Crippen LogP contribution is -2.00. The fourth-order valence-electron chi connectivity index (χ4n) is 2.01. The van der Waals surface area contributed by atoms with Crippen LogP contribution < -0.4 is 9.47 Å². The summed E-state index contributed by atoms with van der Waals surface area (Å²) in [5, 5.41) is 9.99. The number of phenolic OH excluding ortho intramolecular Hbond substituents is 1. The zero-order chi connectivity index (χ0) is 16.7. The summed E-state index contributed by atoms with van der Waals surface area (Å²) in [5.41, 5.74) is 1.45. The first kappa shape index (κ1) is 16.4. The summed E-state index contributed by atoms with van der Waals surface area (Å²) in [4.78, 5) is 11.8. The molecule has 2 aromatic rings. The van der Waals surface area contributed by atoms with Crippen LogP contribution in [0.5, 0.6) is 17.2 Å². The number of rotatable bonds is 6. The molecule has 0 unspecified atom stereocenters. The Labute approximate surface area is 134 Å².